The Hall–Kier alpha value is -1.82. The van der Waals surface area contributed by atoms with E-state index in [2.05, 4.69) is 0 Å². The van der Waals surface area contributed by atoms with E-state index < -0.39 is 17.3 Å². The van der Waals surface area contributed by atoms with Crippen molar-refractivity contribution in [2.45, 2.75) is 18.9 Å². The van der Waals surface area contributed by atoms with E-state index in [1.54, 1.807) is 11.9 Å². The molecule has 0 aliphatic heterocycles. The smallest absolute Gasteiger partial charge is 0.338 e. The number of halogens is 1. The number of rotatable bonds is 4. The molecular weight excluding hydrogens is 251 g/mol. The highest BCUT2D eigenvalue weighted by atomic mass is 19.1. The first-order valence-corrected chi connectivity index (χ1v) is 6.10. The third-order valence-corrected chi connectivity index (χ3v) is 3.50. The monoisotopic (exact) mass is 268 g/mol. The van der Waals surface area contributed by atoms with Gasteiger partial charge in [0.05, 0.1) is 23.0 Å². The number of nitrogens with two attached hydrogens (primary N) is 1. The van der Waals surface area contributed by atoms with Gasteiger partial charge in [-0.15, -0.1) is 0 Å². The number of aliphatic hydroxyl groups is 1. The lowest BCUT2D eigenvalue weighted by Gasteiger charge is -2.35. The SMILES string of the molecule is CN(CC1CC(O)C1)c1cc(F)c(C(=O)O)cc1N. The molecule has 0 saturated heterocycles. The Kier molecular flexibility index (Phi) is 3.61. The second kappa shape index (κ2) is 5.05. The van der Waals surface area contributed by atoms with E-state index in [4.69, 9.17) is 10.8 Å². The number of aliphatic hydroxyl groups excluding tert-OH is 1. The van der Waals surface area contributed by atoms with Gasteiger partial charge in [0, 0.05) is 19.7 Å². The van der Waals surface area contributed by atoms with Crippen molar-refractivity contribution in [1.29, 1.82) is 0 Å². The van der Waals surface area contributed by atoms with Crippen molar-refractivity contribution in [2.24, 2.45) is 5.92 Å². The summed E-state index contributed by atoms with van der Waals surface area (Å²) < 4.78 is 13.6. The molecule has 5 nitrogen and oxygen atoms in total. The van der Waals surface area contributed by atoms with Crippen molar-refractivity contribution in [3.05, 3.63) is 23.5 Å². The first kappa shape index (κ1) is 13.6. The van der Waals surface area contributed by atoms with Gasteiger partial charge in [-0.1, -0.05) is 0 Å². The minimum atomic E-state index is -1.33. The number of benzene rings is 1. The van der Waals surface area contributed by atoms with Crippen molar-refractivity contribution in [3.63, 3.8) is 0 Å². The van der Waals surface area contributed by atoms with Gasteiger partial charge < -0.3 is 20.8 Å². The van der Waals surface area contributed by atoms with Crippen molar-refractivity contribution in [3.8, 4) is 0 Å². The third kappa shape index (κ3) is 2.78. The Labute approximate surface area is 110 Å². The zero-order chi connectivity index (χ0) is 14.2. The predicted molar refractivity (Wildman–Crippen MR) is 69.8 cm³/mol. The van der Waals surface area contributed by atoms with Crippen LogP contribution < -0.4 is 10.6 Å². The minimum Gasteiger partial charge on any atom is -0.478 e. The maximum absolute atomic E-state index is 13.6. The van der Waals surface area contributed by atoms with Crippen molar-refractivity contribution in [2.75, 3.05) is 24.2 Å². The standard InChI is InChI=1S/C13H17FN2O3/c1-16(6-7-2-8(17)3-7)12-5-10(14)9(13(18)19)4-11(12)15/h4-5,7-8,17H,2-3,6,15H2,1H3,(H,18,19). The van der Waals surface area contributed by atoms with Gasteiger partial charge in [0.15, 0.2) is 0 Å². The topological polar surface area (TPSA) is 86.8 Å². The number of carbonyl (C=O) groups is 1. The van der Waals surface area contributed by atoms with E-state index in [1.165, 1.54) is 0 Å². The van der Waals surface area contributed by atoms with Gasteiger partial charge >= 0.3 is 5.97 Å². The second-order valence-electron chi connectivity index (χ2n) is 5.07. The average Bonchev–Trinajstić information content (AvgIpc) is 2.29. The first-order chi connectivity index (χ1) is 8.88. The molecule has 4 N–H and O–H groups in total. The van der Waals surface area contributed by atoms with Crippen LogP contribution in [0.5, 0.6) is 0 Å². The van der Waals surface area contributed by atoms with Crippen molar-refractivity contribution in [1.82, 2.24) is 0 Å². The predicted octanol–water partition coefficient (Wildman–Crippen LogP) is 1.31. The van der Waals surface area contributed by atoms with Crippen LogP contribution in [-0.4, -0.2) is 35.9 Å². The Morgan fingerprint density at radius 1 is 1.53 bits per heavy atom. The van der Waals surface area contributed by atoms with E-state index in [9.17, 15) is 14.3 Å². The highest BCUT2D eigenvalue weighted by molar-refractivity contribution is 5.90. The Balaban J connectivity index is 2.15. The van der Waals surface area contributed by atoms with Crippen LogP contribution in [0, 0.1) is 11.7 Å². The maximum Gasteiger partial charge on any atom is 0.338 e. The molecule has 19 heavy (non-hydrogen) atoms. The van der Waals surface area contributed by atoms with Gasteiger partial charge in [0.2, 0.25) is 0 Å². The zero-order valence-corrected chi connectivity index (χ0v) is 10.6. The number of nitrogens with zero attached hydrogens (tertiary/aromatic N) is 1. The van der Waals surface area contributed by atoms with E-state index in [1.807, 2.05) is 0 Å². The normalized spacial score (nSPS) is 21.8. The van der Waals surface area contributed by atoms with Crippen molar-refractivity contribution >= 4 is 17.3 Å². The van der Waals surface area contributed by atoms with E-state index in [0.717, 1.165) is 25.0 Å². The molecule has 0 bridgehead atoms. The summed E-state index contributed by atoms with van der Waals surface area (Å²) in [6, 6.07) is 2.28. The highest BCUT2D eigenvalue weighted by Gasteiger charge is 2.28. The van der Waals surface area contributed by atoms with Gasteiger partial charge in [-0.2, -0.15) is 0 Å². The van der Waals surface area contributed by atoms with Crippen LogP contribution in [0.4, 0.5) is 15.8 Å². The minimum absolute atomic E-state index is 0.234. The first-order valence-electron chi connectivity index (χ1n) is 6.10. The van der Waals surface area contributed by atoms with E-state index >= 15 is 0 Å². The van der Waals surface area contributed by atoms with Gasteiger partial charge in [-0.3, -0.25) is 0 Å². The summed E-state index contributed by atoms with van der Waals surface area (Å²) in [5, 5.41) is 18.0. The molecule has 0 aromatic heterocycles. The van der Waals surface area contributed by atoms with Gasteiger partial charge in [0.25, 0.3) is 0 Å². The lowest BCUT2D eigenvalue weighted by atomic mass is 9.82. The van der Waals surface area contributed by atoms with E-state index in [-0.39, 0.29) is 11.8 Å². The molecular formula is C13H17FN2O3. The molecule has 0 heterocycles. The molecule has 0 amide bonds. The number of nitrogen functional groups attached to an aromatic ring is 1. The molecule has 1 saturated carbocycles. The summed E-state index contributed by atoms with van der Waals surface area (Å²) in [5.74, 6) is -1.76. The fourth-order valence-electron chi connectivity index (χ4n) is 2.41. The fraction of sp³-hybridized carbons (Fsp3) is 0.462. The summed E-state index contributed by atoms with van der Waals surface area (Å²) in [6.07, 6.45) is 1.24. The summed E-state index contributed by atoms with van der Waals surface area (Å²) in [6.45, 7) is 0.660. The van der Waals surface area contributed by atoms with Crippen LogP contribution in [0.2, 0.25) is 0 Å². The second-order valence-corrected chi connectivity index (χ2v) is 5.07. The summed E-state index contributed by atoms with van der Waals surface area (Å²) in [5.41, 5.74) is 6.06. The number of anilines is 2. The van der Waals surface area contributed by atoms with Gasteiger partial charge in [0.1, 0.15) is 5.82 Å². The number of carboxylic acids is 1. The van der Waals surface area contributed by atoms with Crippen LogP contribution in [0.3, 0.4) is 0 Å². The molecule has 0 atom stereocenters. The summed E-state index contributed by atoms with van der Waals surface area (Å²) in [7, 11) is 1.77. The largest absolute Gasteiger partial charge is 0.478 e. The molecule has 104 valence electrons. The average molecular weight is 268 g/mol. The fourth-order valence-corrected chi connectivity index (χ4v) is 2.41. The van der Waals surface area contributed by atoms with Gasteiger partial charge in [-0.25, -0.2) is 9.18 Å². The quantitative estimate of drug-likeness (QED) is 0.717. The zero-order valence-electron chi connectivity index (χ0n) is 10.6. The molecule has 1 aliphatic carbocycles. The van der Waals surface area contributed by atoms with Crippen LogP contribution >= 0.6 is 0 Å². The lowest BCUT2D eigenvalue weighted by Crippen LogP contribution is -2.37. The van der Waals surface area contributed by atoms with Crippen LogP contribution in [0.15, 0.2) is 12.1 Å². The number of hydrogen-bond donors (Lipinski definition) is 3. The molecule has 0 radical (unpaired) electrons. The Bertz CT molecular complexity index is 501. The molecule has 2 rings (SSSR count). The van der Waals surface area contributed by atoms with E-state index in [0.29, 0.717) is 18.2 Å². The highest BCUT2D eigenvalue weighted by Crippen LogP contribution is 2.31. The molecule has 1 aromatic carbocycles. The van der Waals surface area contributed by atoms with Gasteiger partial charge in [-0.05, 0) is 24.8 Å². The van der Waals surface area contributed by atoms with Crippen molar-refractivity contribution < 1.29 is 19.4 Å². The molecule has 0 unspecified atom stereocenters. The van der Waals surface area contributed by atoms with Crippen LogP contribution in [0.1, 0.15) is 23.2 Å². The number of carboxylic acid groups (broad SMARTS) is 1. The number of aromatic carboxylic acids is 1. The molecule has 1 fully saturated rings. The molecule has 1 aliphatic rings. The summed E-state index contributed by atoms with van der Waals surface area (Å²) in [4.78, 5) is 12.6. The molecule has 1 aromatic rings. The molecule has 0 spiro atoms. The lowest BCUT2D eigenvalue weighted by molar-refractivity contribution is 0.0464. The Morgan fingerprint density at radius 3 is 2.68 bits per heavy atom. The number of hydrogen-bond acceptors (Lipinski definition) is 4. The maximum atomic E-state index is 13.6. The van der Waals surface area contributed by atoms with Crippen LogP contribution in [-0.2, 0) is 0 Å². The summed E-state index contributed by atoms with van der Waals surface area (Å²) >= 11 is 0. The Morgan fingerprint density at radius 2 is 2.16 bits per heavy atom. The van der Waals surface area contributed by atoms with Crippen LogP contribution in [0.25, 0.3) is 0 Å². The third-order valence-electron chi connectivity index (χ3n) is 3.50. The molecule has 6 heteroatoms.